The first-order valence-electron chi connectivity index (χ1n) is 6.07. The van der Waals surface area contributed by atoms with Gasteiger partial charge >= 0.3 is 0 Å². The van der Waals surface area contributed by atoms with Crippen molar-refractivity contribution in [2.75, 3.05) is 7.11 Å². The molecule has 0 aromatic heterocycles. The van der Waals surface area contributed by atoms with Gasteiger partial charge in [-0.15, -0.1) is 0 Å². The molecule has 0 N–H and O–H groups in total. The molecule has 2 aromatic rings. The molecule has 1 atom stereocenters. The summed E-state index contributed by atoms with van der Waals surface area (Å²) in [6, 6.07) is 16.6. The van der Waals surface area contributed by atoms with Gasteiger partial charge in [-0.25, -0.2) is 0 Å². The van der Waals surface area contributed by atoms with Crippen molar-refractivity contribution < 1.29 is 9.53 Å². The number of hydrogen-bond donors (Lipinski definition) is 0. The number of Topliss-reactive ketones (excluding diaryl/α,β-unsaturated/α-hetero) is 1. The molecule has 2 nitrogen and oxygen atoms in total. The molecule has 2 aromatic carbocycles. The summed E-state index contributed by atoms with van der Waals surface area (Å²) in [7, 11) is 1.60. The maximum absolute atomic E-state index is 12.2. The predicted octanol–water partition coefficient (Wildman–Crippen LogP) is 4.30. The Morgan fingerprint density at radius 1 is 1.16 bits per heavy atom. The molecule has 0 spiro atoms. The summed E-state index contributed by atoms with van der Waals surface area (Å²) in [5, 5.41) is 0.645. The quantitative estimate of drug-likeness (QED) is 0.760. The molecular formula is C16H15ClO2. The third kappa shape index (κ3) is 3.66. The number of ether oxygens (including phenoxy) is 1. The lowest BCUT2D eigenvalue weighted by atomic mass is 10.00. The molecule has 1 unspecified atom stereocenters. The lowest BCUT2D eigenvalue weighted by Gasteiger charge is -2.15. The molecular weight excluding hydrogens is 260 g/mol. The van der Waals surface area contributed by atoms with Crippen LogP contribution in [0.2, 0.25) is 5.02 Å². The van der Waals surface area contributed by atoms with E-state index in [9.17, 15) is 4.79 Å². The normalized spacial score (nSPS) is 12.1. The van der Waals surface area contributed by atoms with Crippen LogP contribution in [-0.2, 0) is 4.74 Å². The van der Waals surface area contributed by atoms with Gasteiger partial charge in [0.2, 0.25) is 0 Å². The molecule has 0 bridgehead atoms. The summed E-state index contributed by atoms with van der Waals surface area (Å²) in [6.45, 7) is 0. The Hall–Kier alpha value is -1.64. The number of halogens is 1. The van der Waals surface area contributed by atoms with Crippen LogP contribution in [0.15, 0.2) is 54.6 Å². The fraction of sp³-hybridized carbons (Fsp3) is 0.188. The summed E-state index contributed by atoms with van der Waals surface area (Å²) < 4.78 is 5.40. The van der Waals surface area contributed by atoms with Crippen molar-refractivity contribution in [1.82, 2.24) is 0 Å². The van der Waals surface area contributed by atoms with E-state index in [4.69, 9.17) is 16.3 Å². The molecule has 0 aliphatic rings. The van der Waals surface area contributed by atoms with E-state index in [1.54, 1.807) is 13.2 Å². The second-order valence-corrected chi connectivity index (χ2v) is 4.71. The van der Waals surface area contributed by atoms with Crippen LogP contribution in [-0.4, -0.2) is 12.9 Å². The zero-order valence-electron chi connectivity index (χ0n) is 10.7. The summed E-state index contributed by atoms with van der Waals surface area (Å²) in [5.41, 5.74) is 1.62. The van der Waals surface area contributed by atoms with Crippen LogP contribution < -0.4 is 0 Å². The van der Waals surface area contributed by atoms with Crippen LogP contribution in [0.4, 0.5) is 0 Å². The second kappa shape index (κ2) is 6.50. The van der Waals surface area contributed by atoms with Gasteiger partial charge in [-0.1, -0.05) is 54.1 Å². The minimum Gasteiger partial charge on any atom is -0.376 e. The molecule has 0 radical (unpaired) electrons. The van der Waals surface area contributed by atoms with E-state index in [0.29, 0.717) is 17.0 Å². The molecule has 0 aliphatic heterocycles. The Morgan fingerprint density at radius 3 is 2.53 bits per heavy atom. The molecule has 0 saturated carbocycles. The van der Waals surface area contributed by atoms with Gasteiger partial charge in [0.25, 0.3) is 0 Å². The van der Waals surface area contributed by atoms with Gasteiger partial charge in [-0.2, -0.15) is 0 Å². The van der Waals surface area contributed by atoms with E-state index in [2.05, 4.69) is 0 Å². The van der Waals surface area contributed by atoms with Crippen molar-refractivity contribution in [2.45, 2.75) is 12.5 Å². The first-order valence-corrected chi connectivity index (χ1v) is 6.45. The summed E-state index contributed by atoms with van der Waals surface area (Å²) >= 11 is 5.96. The maximum Gasteiger partial charge on any atom is 0.165 e. The van der Waals surface area contributed by atoms with Gasteiger partial charge in [-0.3, -0.25) is 4.79 Å². The van der Waals surface area contributed by atoms with Gasteiger partial charge in [0, 0.05) is 24.1 Å². The Kier molecular flexibility index (Phi) is 4.72. The van der Waals surface area contributed by atoms with Crippen molar-refractivity contribution in [2.24, 2.45) is 0 Å². The van der Waals surface area contributed by atoms with Crippen molar-refractivity contribution in [3.8, 4) is 0 Å². The highest BCUT2D eigenvalue weighted by molar-refractivity contribution is 6.30. The third-order valence-electron chi connectivity index (χ3n) is 2.97. The number of benzene rings is 2. The molecule has 2 rings (SSSR count). The van der Waals surface area contributed by atoms with E-state index in [0.717, 1.165) is 5.56 Å². The number of carbonyl (C=O) groups excluding carboxylic acids is 1. The molecule has 98 valence electrons. The third-order valence-corrected chi connectivity index (χ3v) is 3.21. The fourth-order valence-corrected chi connectivity index (χ4v) is 2.15. The van der Waals surface area contributed by atoms with Crippen molar-refractivity contribution in [3.05, 3.63) is 70.7 Å². The lowest BCUT2D eigenvalue weighted by molar-refractivity contribution is 0.0730. The SMILES string of the molecule is COC(CC(=O)c1ccccc1)c1cccc(Cl)c1. The van der Waals surface area contributed by atoms with Crippen LogP contribution in [0.5, 0.6) is 0 Å². The molecule has 0 fully saturated rings. The van der Waals surface area contributed by atoms with Crippen LogP contribution >= 0.6 is 11.6 Å². The first kappa shape index (κ1) is 13.8. The monoisotopic (exact) mass is 274 g/mol. The van der Waals surface area contributed by atoms with Gasteiger partial charge in [0.15, 0.2) is 5.78 Å². The van der Waals surface area contributed by atoms with E-state index in [1.165, 1.54) is 0 Å². The average molecular weight is 275 g/mol. The second-order valence-electron chi connectivity index (χ2n) is 4.27. The zero-order valence-corrected chi connectivity index (χ0v) is 11.4. The largest absolute Gasteiger partial charge is 0.376 e. The van der Waals surface area contributed by atoms with Gasteiger partial charge in [0.1, 0.15) is 0 Å². The number of carbonyl (C=O) groups is 1. The van der Waals surface area contributed by atoms with Crippen LogP contribution in [0, 0.1) is 0 Å². The highest BCUT2D eigenvalue weighted by atomic mass is 35.5. The van der Waals surface area contributed by atoms with Crippen molar-refractivity contribution >= 4 is 17.4 Å². The Balaban J connectivity index is 2.14. The van der Waals surface area contributed by atoms with Gasteiger partial charge < -0.3 is 4.74 Å². The lowest BCUT2D eigenvalue weighted by Crippen LogP contribution is -2.09. The first-order chi connectivity index (χ1) is 9.20. The molecule has 3 heteroatoms. The predicted molar refractivity (Wildman–Crippen MR) is 76.6 cm³/mol. The summed E-state index contributed by atoms with van der Waals surface area (Å²) in [6.07, 6.45) is 0.0346. The Morgan fingerprint density at radius 2 is 1.89 bits per heavy atom. The standard InChI is InChI=1S/C16H15ClO2/c1-19-16(13-8-5-9-14(17)10-13)11-15(18)12-6-3-2-4-7-12/h2-10,16H,11H2,1H3. The van der Waals surface area contributed by atoms with E-state index >= 15 is 0 Å². The molecule has 0 saturated heterocycles. The Labute approximate surface area is 118 Å². The Bertz CT molecular complexity index is 552. The summed E-state index contributed by atoms with van der Waals surface area (Å²) in [5.74, 6) is 0.0624. The molecule has 0 heterocycles. The number of ketones is 1. The molecule has 0 amide bonds. The number of hydrogen-bond acceptors (Lipinski definition) is 2. The number of methoxy groups -OCH3 is 1. The molecule has 0 aliphatic carbocycles. The molecule has 19 heavy (non-hydrogen) atoms. The zero-order chi connectivity index (χ0) is 13.7. The van der Waals surface area contributed by atoms with E-state index in [1.807, 2.05) is 48.5 Å². The fourth-order valence-electron chi connectivity index (χ4n) is 1.95. The van der Waals surface area contributed by atoms with Crippen LogP contribution in [0.1, 0.15) is 28.4 Å². The minimum atomic E-state index is -0.272. The maximum atomic E-state index is 12.2. The van der Waals surface area contributed by atoms with E-state index < -0.39 is 0 Å². The van der Waals surface area contributed by atoms with Gasteiger partial charge in [-0.05, 0) is 17.7 Å². The topological polar surface area (TPSA) is 26.3 Å². The number of rotatable bonds is 5. The van der Waals surface area contributed by atoms with Gasteiger partial charge in [0.05, 0.1) is 6.10 Å². The van der Waals surface area contributed by atoms with Crippen LogP contribution in [0.3, 0.4) is 0 Å². The average Bonchev–Trinajstić information content (AvgIpc) is 2.45. The van der Waals surface area contributed by atoms with Crippen LogP contribution in [0.25, 0.3) is 0 Å². The highest BCUT2D eigenvalue weighted by Gasteiger charge is 2.16. The minimum absolute atomic E-state index is 0.0624. The summed E-state index contributed by atoms with van der Waals surface area (Å²) in [4.78, 5) is 12.2. The van der Waals surface area contributed by atoms with Crippen molar-refractivity contribution in [1.29, 1.82) is 0 Å². The van der Waals surface area contributed by atoms with E-state index in [-0.39, 0.29) is 11.9 Å². The van der Waals surface area contributed by atoms with Crippen molar-refractivity contribution in [3.63, 3.8) is 0 Å². The highest BCUT2D eigenvalue weighted by Crippen LogP contribution is 2.24. The smallest absolute Gasteiger partial charge is 0.165 e.